The Morgan fingerprint density at radius 2 is 1.20 bits per heavy atom. The second kappa shape index (κ2) is 7.80. The fourth-order valence-corrected chi connectivity index (χ4v) is 8.13. The van der Waals surface area contributed by atoms with Crippen molar-refractivity contribution in [1.29, 1.82) is 0 Å². The van der Waals surface area contributed by atoms with Crippen LogP contribution < -0.4 is 21.4 Å². The fourth-order valence-electron chi connectivity index (χ4n) is 5.03. The third kappa shape index (κ3) is 3.39. The highest BCUT2D eigenvalue weighted by atomic mass is 31.2. The highest BCUT2D eigenvalue weighted by Gasteiger charge is 2.51. The van der Waals surface area contributed by atoms with Crippen LogP contribution in [-0.2, 0) is 13.9 Å². The molecule has 0 spiro atoms. The Morgan fingerprint density at radius 3 is 1.89 bits per heavy atom. The number of fused-ring (bicyclic) bond motifs is 3. The average molecular weight is 478 g/mol. The molecule has 2 aliphatic heterocycles. The van der Waals surface area contributed by atoms with E-state index in [2.05, 4.69) is 76.2 Å². The molecule has 35 heavy (non-hydrogen) atoms. The third-order valence-corrected chi connectivity index (χ3v) is 10.9. The molecule has 3 nitrogen and oxygen atoms in total. The minimum atomic E-state index is -2.95. The SMILES string of the molecule is CC1(C)OB(c2ccc(-c3ccc4c(c3)P(=O)(c3ccccc3)c3ccccc3-4)cc2)OC1(C)C. The van der Waals surface area contributed by atoms with Crippen molar-refractivity contribution >= 4 is 35.6 Å². The summed E-state index contributed by atoms with van der Waals surface area (Å²) in [6, 6.07) is 32.7. The molecule has 6 rings (SSSR count). The molecular formula is C30H28BO3P. The predicted octanol–water partition coefficient (Wildman–Crippen LogP) is 5.27. The van der Waals surface area contributed by atoms with Gasteiger partial charge in [-0.05, 0) is 61.5 Å². The van der Waals surface area contributed by atoms with Crippen LogP contribution in [0.3, 0.4) is 0 Å². The molecule has 0 saturated carbocycles. The van der Waals surface area contributed by atoms with E-state index in [0.717, 1.165) is 43.6 Å². The molecule has 0 aromatic heterocycles. The lowest BCUT2D eigenvalue weighted by Gasteiger charge is -2.32. The number of rotatable bonds is 3. The summed E-state index contributed by atoms with van der Waals surface area (Å²) in [6.45, 7) is 8.26. The summed E-state index contributed by atoms with van der Waals surface area (Å²) in [6.07, 6.45) is 0. The zero-order valence-corrected chi connectivity index (χ0v) is 21.4. The van der Waals surface area contributed by atoms with Gasteiger partial charge in [0, 0.05) is 15.9 Å². The monoisotopic (exact) mass is 478 g/mol. The summed E-state index contributed by atoms with van der Waals surface area (Å²) in [5, 5.41) is 2.71. The molecule has 2 aliphatic rings. The lowest BCUT2D eigenvalue weighted by molar-refractivity contribution is 0.00578. The highest BCUT2D eigenvalue weighted by Crippen LogP contribution is 2.52. The summed E-state index contributed by atoms with van der Waals surface area (Å²) in [4.78, 5) is 0. The van der Waals surface area contributed by atoms with Gasteiger partial charge in [-0.1, -0.05) is 91.0 Å². The van der Waals surface area contributed by atoms with E-state index in [-0.39, 0.29) is 18.3 Å². The zero-order chi connectivity index (χ0) is 24.4. The standard InChI is InChI=1S/C30H28BO3P/c1-29(2)30(3,4)34-31(33-29)23-17-14-21(15-18-23)22-16-19-26-25-12-8-9-13-27(25)35(32,28(26)20-22)24-10-6-5-7-11-24/h5-20H,1-4H3. The second-order valence-corrected chi connectivity index (χ2v) is 13.1. The maximum atomic E-state index is 14.8. The summed E-state index contributed by atoms with van der Waals surface area (Å²) in [5.74, 6) is 0. The Labute approximate surface area is 207 Å². The van der Waals surface area contributed by atoms with Gasteiger partial charge in [0.05, 0.1) is 11.2 Å². The highest BCUT2D eigenvalue weighted by molar-refractivity contribution is 7.86. The molecule has 1 atom stereocenters. The molecule has 4 aromatic rings. The molecule has 0 aliphatic carbocycles. The molecule has 1 saturated heterocycles. The maximum Gasteiger partial charge on any atom is 0.494 e. The molecule has 1 fully saturated rings. The molecule has 5 heteroatoms. The topological polar surface area (TPSA) is 35.5 Å². The van der Waals surface area contributed by atoms with Crippen LogP contribution in [0.5, 0.6) is 0 Å². The van der Waals surface area contributed by atoms with Gasteiger partial charge >= 0.3 is 7.12 Å². The minimum absolute atomic E-state index is 0.371. The van der Waals surface area contributed by atoms with Gasteiger partial charge in [0.25, 0.3) is 0 Å². The quantitative estimate of drug-likeness (QED) is 0.262. The number of hydrogen-bond donors (Lipinski definition) is 0. The molecule has 0 radical (unpaired) electrons. The Balaban J connectivity index is 1.40. The Morgan fingerprint density at radius 1 is 0.629 bits per heavy atom. The van der Waals surface area contributed by atoms with Crippen LogP contribution >= 0.6 is 7.14 Å². The molecule has 174 valence electrons. The lowest BCUT2D eigenvalue weighted by Crippen LogP contribution is -2.41. The maximum absolute atomic E-state index is 14.8. The molecule has 0 bridgehead atoms. The smallest absolute Gasteiger partial charge is 0.399 e. The van der Waals surface area contributed by atoms with Crippen molar-refractivity contribution in [2.75, 3.05) is 0 Å². The first-order chi connectivity index (χ1) is 16.7. The molecule has 4 aromatic carbocycles. The number of benzene rings is 4. The molecule has 0 amide bonds. The predicted molar refractivity (Wildman–Crippen MR) is 146 cm³/mol. The Hall–Kier alpha value is -2.91. The first kappa shape index (κ1) is 22.6. The minimum Gasteiger partial charge on any atom is -0.399 e. The molecule has 1 unspecified atom stereocenters. The van der Waals surface area contributed by atoms with E-state index in [1.54, 1.807) is 0 Å². The third-order valence-electron chi connectivity index (χ3n) is 7.76. The Bertz CT molecular complexity index is 1460. The molecular weight excluding hydrogens is 450 g/mol. The van der Waals surface area contributed by atoms with Crippen LogP contribution in [0, 0.1) is 0 Å². The van der Waals surface area contributed by atoms with Crippen LogP contribution in [0.25, 0.3) is 22.3 Å². The van der Waals surface area contributed by atoms with E-state index >= 15 is 0 Å². The van der Waals surface area contributed by atoms with Crippen LogP contribution in [0.2, 0.25) is 0 Å². The van der Waals surface area contributed by atoms with Crippen molar-refractivity contribution in [3.05, 3.63) is 97.1 Å². The first-order valence-electron chi connectivity index (χ1n) is 12.1. The van der Waals surface area contributed by atoms with Crippen molar-refractivity contribution in [1.82, 2.24) is 0 Å². The van der Waals surface area contributed by atoms with E-state index in [9.17, 15) is 4.57 Å². The van der Waals surface area contributed by atoms with E-state index in [4.69, 9.17) is 9.31 Å². The second-order valence-electron chi connectivity index (χ2n) is 10.4. The van der Waals surface area contributed by atoms with Gasteiger partial charge in [-0.3, -0.25) is 0 Å². The van der Waals surface area contributed by atoms with Crippen molar-refractivity contribution in [2.24, 2.45) is 0 Å². The fraction of sp³-hybridized carbons (Fsp3) is 0.200. The van der Waals surface area contributed by atoms with Crippen LogP contribution in [0.4, 0.5) is 0 Å². The van der Waals surface area contributed by atoms with Gasteiger partial charge in [-0.25, -0.2) is 0 Å². The lowest BCUT2D eigenvalue weighted by atomic mass is 9.78. The summed E-state index contributed by atoms with van der Waals surface area (Å²) < 4.78 is 27.2. The van der Waals surface area contributed by atoms with Gasteiger partial charge < -0.3 is 13.9 Å². The van der Waals surface area contributed by atoms with Crippen molar-refractivity contribution in [3.8, 4) is 22.3 Å². The zero-order valence-electron chi connectivity index (χ0n) is 20.5. The molecule has 0 N–H and O–H groups in total. The van der Waals surface area contributed by atoms with Gasteiger partial charge in [-0.2, -0.15) is 0 Å². The number of hydrogen-bond acceptors (Lipinski definition) is 3. The van der Waals surface area contributed by atoms with Crippen molar-refractivity contribution < 1.29 is 13.9 Å². The largest absolute Gasteiger partial charge is 0.494 e. The van der Waals surface area contributed by atoms with Crippen LogP contribution in [0.1, 0.15) is 27.7 Å². The first-order valence-corrected chi connectivity index (χ1v) is 13.8. The summed E-state index contributed by atoms with van der Waals surface area (Å²) >= 11 is 0. The van der Waals surface area contributed by atoms with E-state index in [1.165, 1.54) is 0 Å². The average Bonchev–Trinajstić information content (AvgIpc) is 3.26. The molecule has 2 heterocycles. The van der Waals surface area contributed by atoms with Gasteiger partial charge in [0.2, 0.25) is 0 Å². The van der Waals surface area contributed by atoms with E-state index in [0.29, 0.717) is 0 Å². The van der Waals surface area contributed by atoms with Gasteiger partial charge in [0.1, 0.15) is 0 Å². The summed E-state index contributed by atoms with van der Waals surface area (Å²) in [7, 11) is -3.33. The van der Waals surface area contributed by atoms with Crippen molar-refractivity contribution in [2.45, 2.75) is 38.9 Å². The van der Waals surface area contributed by atoms with E-state index < -0.39 is 7.14 Å². The van der Waals surface area contributed by atoms with Gasteiger partial charge in [-0.15, -0.1) is 0 Å². The Kier molecular flexibility index (Phi) is 5.02. The summed E-state index contributed by atoms with van der Waals surface area (Å²) in [5.41, 5.74) is 4.50. The van der Waals surface area contributed by atoms with Gasteiger partial charge in [0.15, 0.2) is 7.14 Å². The van der Waals surface area contributed by atoms with E-state index in [1.807, 2.05) is 48.5 Å². The van der Waals surface area contributed by atoms with Crippen molar-refractivity contribution in [3.63, 3.8) is 0 Å². The van der Waals surface area contributed by atoms with Crippen LogP contribution in [0.15, 0.2) is 97.1 Å². The normalized spacial score (nSPS) is 21.5. The van der Waals surface area contributed by atoms with Crippen LogP contribution in [-0.4, -0.2) is 18.3 Å².